The highest BCUT2D eigenvalue weighted by Crippen LogP contribution is 2.17. The fraction of sp³-hybridized carbons (Fsp3) is 0.375. The molecule has 0 radical (unpaired) electrons. The Hall–Kier alpha value is -1.13. The third-order valence-corrected chi connectivity index (χ3v) is 3.57. The lowest BCUT2D eigenvalue weighted by atomic mass is 10.1. The summed E-state index contributed by atoms with van der Waals surface area (Å²) in [5.74, 6) is -0.178. The SMILES string of the molecule is CC(C)(C)NCc1cccn1Cc1ccc(Br)cc1F. The van der Waals surface area contributed by atoms with E-state index in [1.807, 2.05) is 24.4 Å². The second-order valence-electron chi connectivity index (χ2n) is 5.97. The number of benzene rings is 1. The molecule has 1 aromatic carbocycles. The van der Waals surface area contributed by atoms with E-state index in [9.17, 15) is 4.39 Å². The Labute approximate surface area is 128 Å². The standard InChI is InChI=1S/C16H20BrFN2/c1-16(2,3)19-10-14-5-4-8-20(14)11-12-6-7-13(17)9-15(12)18/h4-9,19H,10-11H2,1-3H3. The molecule has 2 aromatic rings. The van der Waals surface area contributed by atoms with Crippen molar-refractivity contribution < 1.29 is 4.39 Å². The predicted molar refractivity (Wildman–Crippen MR) is 84.2 cm³/mol. The van der Waals surface area contributed by atoms with Crippen LogP contribution < -0.4 is 5.32 Å². The molecule has 0 amide bonds. The summed E-state index contributed by atoms with van der Waals surface area (Å²) in [7, 11) is 0. The van der Waals surface area contributed by atoms with Crippen LogP contribution in [0.1, 0.15) is 32.0 Å². The summed E-state index contributed by atoms with van der Waals surface area (Å²) in [6.45, 7) is 7.72. The zero-order chi connectivity index (χ0) is 14.8. The smallest absolute Gasteiger partial charge is 0.129 e. The maximum Gasteiger partial charge on any atom is 0.129 e. The van der Waals surface area contributed by atoms with E-state index in [0.717, 1.165) is 16.7 Å². The van der Waals surface area contributed by atoms with Gasteiger partial charge < -0.3 is 9.88 Å². The summed E-state index contributed by atoms with van der Waals surface area (Å²) in [4.78, 5) is 0. The van der Waals surface area contributed by atoms with Crippen molar-refractivity contribution in [3.05, 3.63) is 58.1 Å². The lowest BCUT2D eigenvalue weighted by Gasteiger charge is -2.21. The molecule has 0 aliphatic carbocycles. The maximum atomic E-state index is 13.9. The van der Waals surface area contributed by atoms with Crippen molar-refractivity contribution in [2.45, 2.75) is 39.4 Å². The van der Waals surface area contributed by atoms with Gasteiger partial charge in [0.15, 0.2) is 0 Å². The molecule has 1 heterocycles. The Balaban J connectivity index is 2.12. The van der Waals surface area contributed by atoms with Crippen LogP contribution in [0.3, 0.4) is 0 Å². The molecule has 2 nitrogen and oxygen atoms in total. The van der Waals surface area contributed by atoms with Crippen LogP contribution in [0.15, 0.2) is 41.0 Å². The lowest BCUT2D eigenvalue weighted by Crippen LogP contribution is -2.35. The minimum absolute atomic E-state index is 0.0674. The van der Waals surface area contributed by atoms with Crippen molar-refractivity contribution in [3.63, 3.8) is 0 Å². The van der Waals surface area contributed by atoms with E-state index < -0.39 is 0 Å². The van der Waals surface area contributed by atoms with Crippen LogP contribution in [0.25, 0.3) is 0 Å². The highest BCUT2D eigenvalue weighted by molar-refractivity contribution is 9.10. The Kier molecular flexibility index (Phi) is 4.66. The summed E-state index contributed by atoms with van der Waals surface area (Å²) >= 11 is 3.28. The third-order valence-electron chi connectivity index (χ3n) is 3.08. The summed E-state index contributed by atoms with van der Waals surface area (Å²) < 4.78 is 16.7. The Bertz CT molecular complexity index is 584. The minimum atomic E-state index is -0.178. The van der Waals surface area contributed by atoms with Gasteiger partial charge in [-0.15, -0.1) is 0 Å². The van der Waals surface area contributed by atoms with Crippen LogP contribution in [0.4, 0.5) is 4.39 Å². The monoisotopic (exact) mass is 338 g/mol. The van der Waals surface area contributed by atoms with Gasteiger partial charge in [-0.2, -0.15) is 0 Å². The first-order chi connectivity index (χ1) is 9.35. The van der Waals surface area contributed by atoms with E-state index in [0.29, 0.717) is 12.1 Å². The Morgan fingerprint density at radius 3 is 2.65 bits per heavy atom. The quantitative estimate of drug-likeness (QED) is 0.878. The number of hydrogen-bond donors (Lipinski definition) is 1. The molecular formula is C16H20BrFN2. The lowest BCUT2D eigenvalue weighted by molar-refractivity contribution is 0.416. The fourth-order valence-electron chi connectivity index (χ4n) is 1.95. The Morgan fingerprint density at radius 1 is 1.25 bits per heavy atom. The van der Waals surface area contributed by atoms with Crippen molar-refractivity contribution in [2.75, 3.05) is 0 Å². The second-order valence-corrected chi connectivity index (χ2v) is 6.88. The molecule has 0 fully saturated rings. The molecule has 0 saturated carbocycles. The van der Waals surface area contributed by atoms with Gasteiger partial charge in [-0.3, -0.25) is 0 Å². The van der Waals surface area contributed by atoms with Gasteiger partial charge in [0, 0.05) is 34.0 Å². The zero-order valence-corrected chi connectivity index (χ0v) is 13.7. The molecule has 0 spiro atoms. The first-order valence-electron chi connectivity index (χ1n) is 6.68. The van der Waals surface area contributed by atoms with E-state index >= 15 is 0 Å². The van der Waals surface area contributed by atoms with Gasteiger partial charge in [0.25, 0.3) is 0 Å². The van der Waals surface area contributed by atoms with Crippen molar-refractivity contribution in [1.82, 2.24) is 9.88 Å². The van der Waals surface area contributed by atoms with E-state index in [1.165, 1.54) is 6.07 Å². The van der Waals surface area contributed by atoms with Crippen LogP contribution in [0, 0.1) is 5.82 Å². The fourth-order valence-corrected chi connectivity index (χ4v) is 2.29. The minimum Gasteiger partial charge on any atom is -0.346 e. The molecule has 20 heavy (non-hydrogen) atoms. The summed E-state index contributed by atoms with van der Waals surface area (Å²) in [6.07, 6.45) is 1.99. The van der Waals surface area contributed by atoms with E-state index in [-0.39, 0.29) is 11.4 Å². The number of halogens is 2. The molecule has 2 rings (SSSR count). The molecular weight excluding hydrogens is 319 g/mol. The second kappa shape index (κ2) is 6.10. The first-order valence-corrected chi connectivity index (χ1v) is 7.47. The largest absolute Gasteiger partial charge is 0.346 e. The zero-order valence-electron chi connectivity index (χ0n) is 12.1. The highest BCUT2D eigenvalue weighted by Gasteiger charge is 2.11. The van der Waals surface area contributed by atoms with Crippen molar-refractivity contribution in [1.29, 1.82) is 0 Å². The Morgan fingerprint density at radius 2 is 2.00 bits per heavy atom. The van der Waals surface area contributed by atoms with Crippen LogP contribution in [0.5, 0.6) is 0 Å². The molecule has 0 atom stereocenters. The molecule has 108 valence electrons. The van der Waals surface area contributed by atoms with Crippen molar-refractivity contribution in [3.8, 4) is 0 Å². The first kappa shape index (κ1) is 15.3. The van der Waals surface area contributed by atoms with Crippen LogP contribution >= 0.6 is 15.9 Å². The van der Waals surface area contributed by atoms with Crippen LogP contribution in [-0.4, -0.2) is 10.1 Å². The van der Waals surface area contributed by atoms with E-state index in [4.69, 9.17) is 0 Å². The normalized spacial score (nSPS) is 11.8. The number of hydrogen-bond acceptors (Lipinski definition) is 1. The van der Waals surface area contributed by atoms with Gasteiger partial charge in [0.1, 0.15) is 5.82 Å². The van der Waals surface area contributed by atoms with Gasteiger partial charge in [-0.25, -0.2) is 4.39 Å². The third kappa shape index (κ3) is 4.18. The summed E-state index contributed by atoms with van der Waals surface area (Å²) in [5, 5.41) is 3.45. The molecule has 1 aromatic heterocycles. The average Bonchev–Trinajstić information content (AvgIpc) is 2.77. The van der Waals surface area contributed by atoms with E-state index in [2.05, 4.69) is 52.7 Å². The van der Waals surface area contributed by atoms with Crippen LogP contribution in [-0.2, 0) is 13.1 Å². The van der Waals surface area contributed by atoms with Gasteiger partial charge in [0.05, 0.1) is 6.54 Å². The molecule has 1 N–H and O–H groups in total. The number of nitrogens with zero attached hydrogens (tertiary/aromatic N) is 1. The predicted octanol–water partition coefficient (Wildman–Crippen LogP) is 4.33. The van der Waals surface area contributed by atoms with Crippen LogP contribution in [0.2, 0.25) is 0 Å². The molecule has 0 aliphatic heterocycles. The molecule has 0 aliphatic rings. The van der Waals surface area contributed by atoms with Gasteiger partial charge in [-0.05, 0) is 45.0 Å². The maximum absolute atomic E-state index is 13.9. The van der Waals surface area contributed by atoms with Gasteiger partial charge in [-0.1, -0.05) is 22.0 Å². The van der Waals surface area contributed by atoms with Gasteiger partial charge in [0.2, 0.25) is 0 Å². The van der Waals surface area contributed by atoms with Crippen molar-refractivity contribution in [2.24, 2.45) is 0 Å². The topological polar surface area (TPSA) is 17.0 Å². The van der Waals surface area contributed by atoms with Crippen molar-refractivity contribution >= 4 is 15.9 Å². The molecule has 0 unspecified atom stereocenters. The number of nitrogens with one attached hydrogen (secondary N) is 1. The van der Waals surface area contributed by atoms with Gasteiger partial charge >= 0.3 is 0 Å². The summed E-state index contributed by atoms with van der Waals surface area (Å²) in [6, 6.07) is 9.26. The molecule has 0 bridgehead atoms. The average molecular weight is 339 g/mol. The number of aromatic nitrogens is 1. The molecule has 0 saturated heterocycles. The van der Waals surface area contributed by atoms with E-state index in [1.54, 1.807) is 0 Å². The summed E-state index contributed by atoms with van der Waals surface area (Å²) in [5.41, 5.74) is 1.92. The molecule has 4 heteroatoms. The number of rotatable bonds is 4. The highest BCUT2D eigenvalue weighted by atomic mass is 79.9.